The maximum Gasteiger partial charge on any atom is 0.251 e. The first-order valence-electron chi connectivity index (χ1n) is 8.57. The number of nitrogens with one attached hydrogen (secondary N) is 1. The van der Waals surface area contributed by atoms with E-state index in [2.05, 4.69) is 38.2 Å². The molecule has 2 heterocycles. The van der Waals surface area contributed by atoms with Crippen LogP contribution in [0.4, 0.5) is 5.95 Å². The number of amides is 1. The van der Waals surface area contributed by atoms with Crippen molar-refractivity contribution in [1.82, 2.24) is 20.2 Å². The number of carbonyl (C=O) groups excluding carboxylic acids is 1. The summed E-state index contributed by atoms with van der Waals surface area (Å²) in [6, 6.07) is 10.0. The zero-order chi connectivity index (χ0) is 18.0. The molecular formula is C19H25N5O. The van der Waals surface area contributed by atoms with Crippen LogP contribution in [0.2, 0.25) is 0 Å². The Morgan fingerprint density at radius 1 is 1.16 bits per heavy atom. The first-order chi connectivity index (χ1) is 12.0. The fraction of sp³-hybridized carbons (Fsp3) is 0.421. The van der Waals surface area contributed by atoms with Crippen molar-refractivity contribution < 1.29 is 4.79 Å². The quantitative estimate of drug-likeness (QED) is 0.926. The van der Waals surface area contributed by atoms with E-state index in [1.807, 2.05) is 38.1 Å². The summed E-state index contributed by atoms with van der Waals surface area (Å²) >= 11 is 0. The predicted octanol–water partition coefficient (Wildman–Crippen LogP) is 1.95. The van der Waals surface area contributed by atoms with Gasteiger partial charge in [-0.3, -0.25) is 9.69 Å². The van der Waals surface area contributed by atoms with Crippen molar-refractivity contribution in [3.05, 3.63) is 52.8 Å². The number of aryl methyl sites for hydroxylation is 2. The average Bonchev–Trinajstić information content (AvgIpc) is 2.60. The summed E-state index contributed by atoms with van der Waals surface area (Å²) in [5, 5.41) is 2.69. The Balaban J connectivity index is 1.87. The van der Waals surface area contributed by atoms with Gasteiger partial charge in [-0.1, -0.05) is 12.1 Å². The zero-order valence-corrected chi connectivity index (χ0v) is 15.3. The molecule has 0 spiro atoms. The molecule has 0 saturated carbocycles. The molecule has 6 heteroatoms. The van der Waals surface area contributed by atoms with Crippen molar-refractivity contribution >= 4 is 11.9 Å². The van der Waals surface area contributed by atoms with Crippen molar-refractivity contribution in [2.24, 2.45) is 0 Å². The monoisotopic (exact) mass is 339 g/mol. The highest BCUT2D eigenvalue weighted by Gasteiger charge is 2.27. The van der Waals surface area contributed by atoms with Gasteiger partial charge in [0, 0.05) is 43.6 Å². The number of likely N-dealkylation sites (N-methyl/N-ethyl adjacent to an activating group) is 1. The maximum atomic E-state index is 11.9. The van der Waals surface area contributed by atoms with Crippen LogP contribution in [0.1, 0.15) is 33.4 Å². The zero-order valence-electron chi connectivity index (χ0n) is 15.3. The first kappa shape index (κ1) is 17.4. The summed E-state index contributed by atoms with van der Waals surface area (Å²) in [4.78, 5) is 25.7. The van der Waals surface area contributed by atoms with E-state index in [1.54, 1.807) is 7.05 Å². The van der Waals surface area contributed by atoms with Crippen molar-refractivity contribution in [1.29, 1.82) is 0 Å². The second kappa shape index (κ2) is 7.19. The average molecular weight is 339 g/mol. The molecule has 1 aromatic carbocycles. The minimum absolute atomic E-state index is 0.0604. The topological polar surface area (TPSA) is 61.4 Å². The summed E-state index contributed by atoms with van der Waals surface area (Å²) < 4.78 is 0. The van der Waals surface area contributed by atoms with Crippen molar-refractivity contribution in [3.63, 3.8) is 0 Å². The third kappa shape index (κ3) is 3.79. The number of hydrogen-bond acceptors (Lipinski definition) is 5. The van der Waals surface area contributed by atoms with Gasteiger partial charge in [0.1, 0.15) is 0 Å². The Labute approximate surface area is 148 Å². The van der Waals surface area contributed by atoms with Crippen molar-refractivity contribution in [2.75, 3.05) is 38.6 Å². The fourth-order valence-corrected chi connectivity index (χ4v) is 3.30. The van der Waals surface area contributed by atoms with Crippen LogP contribution in [-0.4, -0.2) is 54.5 Å². The van der Waals surface area contributed by atoms with Gasteiger partial charge in [-0.25, -0.2) is 9.97 Å². The fourth-order valence-electron chi connectivity index (χ4n) is 3.30. The summed E-state index contributed by atoms with van der Waals surface area (Å²) in [5.74, 6) is 0.730. The predicted molar refractivity (Wildman–Crippen MR) is 98.9 cm³/mol. The third-order valence-electron chi connectivity index (χ3n) is 4.66. The molecule has 1 amide bonds. The maximum absolute atomic E-state index is 11.9. The molecule has 0 aliphatic carbocycles. The molecule has 2 aromatic rings. The third-order valence-corrected chi connectivity index (χ3v) is 4.66. The minimum Gasteiger partial charge on any atom is -0.355 e. The van der Waals surface area contributed by atoms with E-state index in [9.17, 15) is 4.79 Å². The SMILES string of the molecule is CNC(=O)c1cccc(C2CN(c3nc(C)cc(C)n3)CCN2C)c1. The molecule has 1 N–H and O–H groups in total. The highest BCUT2D eigenvalue weighted by Crippen LogP contribution is 2.26. The molecule has 0 radical (unpaired) electrons. The van der Waals surface area contributed by atoms with E-state index in [4.69, 9.17) is 0 Å². The van der Waals surface area contributed by atoms with Crippen LogP contribution in [-0.2, 0) is 0 Å². The molecule has 1 unspecified atom stereocenters. The Bertz CT molecular complexity index is 756. The molecule has 1 aliphatic rings. The normalized spacial score (nSPS) is 18.2. The van der Waals surface area contributed by atoms with E-state index < -0.39 is 0 Å². The Hall–Kier alpha value is -2.47. The standard InChI is InChI=1S/C19H25N5O/c1-13-10-14(2)22-19(21-13)24-9-8-23(4)17(12-24)15-6-5-7-16(11-15)18(25)20-3/h5-7,10-11,17H,8-9,12H2,1-4H3,(H,20,25). The summed E-state index contributed by atoms with van der Waals surface area (Å²) in [5.41, 5.74) is 3.80. The highest BCUT2D eigenvalue weighted by molar-refractivity contribution is 5.94. The molecule has 1 saturated heterocycles. The van der Waals surface area contributed by atoms with Gasteiger partial charge in [-0.2, -0.15) is 0 Å². The molecule has 1 aromatic heterocycles. The van der Waals surface area contributed by atoms with Gasteiger partial charge in [0.2, 0.25) is 5.95 Å². The van der Waals surface area contributed by atoms with E-state index >= 15 is 0 Å². The first-order valence-corrected chi connectivity index (χ1v) is 8.57. The number of aromatic nitrogens is 2. The number of anilines is 1. The Morgan fingerprint density at radius 3 is 2.56 bits per heavy atom. The second-order valence-electron chi connectivity index (χ2n) is 6.60. The summed E-state index contributed by atoms with van der Waals surface area (Å²) in [6.07, 6.45) is 0. The smallest absolute Gasteiger partial charge is 0.251 e. The number of rotatable bonds is 3. The van der Waals surface area contributed by atoms with E-state index in [0.29, 0.717) is 5.56 Å². The summed E-state index contributed by atoms with van der Waals surface area (Å²) in [7, 11) is 3.78. The van der Waals surface area contributed by atoms with Gasteiger partial charge >= 0.3 is 0 Å². The Kier molecular flexibility index (Phi) is 4.99. The molecule has 1 aliphatic heterocycles. The van der Waals surface area contributed by atoms with Crippen LogP contribution in [0.25, 0.3) is 0 Å². The number of benzene rings is 1. The van der Waals surface area contributed by atoms with Gasteiger partial charge in [0.05, 0.1) is 6.04 Å². The van der Waals surface area contributed by atoms with Crippen molar-refractivity contribution in [2.45, 2.75) is 19.9 Å². The lowest BCUT2D eigenvalue weighted by atomic mass is 10.0. The number of carbonyl (C=O) groups is 1. The van der Waals surface area contributed by atoms with Crippen LogP contribution >= 0.6 is 0 Å². The van der Waals surface area contributed by atoms with Gasteiger partial charge in [0.25, 0.3) is 5.91 Å². The molecule has 1 atom stereocenters. The lowest BCUT2D eigenvalue weighted by Gasteiger charge is -2.40. The summed E-state index contributed by atoms with van der Waals surface area (Å²) in [6.45, 7) is 6.62. The van der Waals surface area contributed by atoms with Gasteiger partial charge < -0.3 is 10.2 Å². The van der Waals surface area contributed by atoms with E-state index in [1.165, 1.54) is 0 Å². The van der Waals surface area contributed by atoms with Crippen LogP contribution in [0.15, 0.2) is 30.3 Å². The van der Waals surface area contributed by atoms with Crippen LogP contribution in [0, 0.1) is 13.8 Å². The van der Waals surface area contributed by atoms with Gasteiger partial charge in [-0.05, 0) is 44.7 Å². The number of nitrogens with zero attached hydrogens (tertiary/aromatic N) is 4. The molecule has 25 heavy (non-hydrogen) atoms. The molecule has 1 fully saturated rings. The van der Waals surface area contributed by atoms with Gasteiger partial charge in [0.15, 0.2) is 0 Å². The van der Waals surface area contributed by atoms with Crippen LogP contribution < -0.4 is 10.2 Å². The van der Waals surface area contributed by atoms with Gasteiger partial charge in [-0.15, -0.1) is 0 Å². The second-order valence-corrected chi connectivity index (χ2v) is 6.60. The number of piperazine rings is 1. The minimum atomic E-state index is -0.0604. The molecule has 0 bridgehead atoms. The van der Waals surface area contributed by atoms with E-state index in [-0.39, 0.29) is 11.9 Å². The van der Waals surface area contributed by atoms with Crippen LogP contribution in [0.5, 0.6) is 0 Å². The lowest BCUT2D eigenvalue weighted by Crippen LogP contribution is -2.47. The lowest BCUT2D eigenvalue weighted by molar-refractivity contribution is 0.0962. The molecular weight excluding hydrogens is 314 g/mol. The Morgan fingerprint density at radius 2 is 1.88 bits per heavy atom. The molecule has 3 rings (SSSR count). The van der Waals surface area contributed by atoms with E-state index in [0.717, 1.165) is 42.5 Å². The highest BCUT2D eigenvalue weighted by atomic mass is 16.1. The van der Waals surface area contributed by atoms with Crippen LogP contribution in [0.3, 0.4) is 0 Å². The largest absolute Gasteiger partial charge is 0.355 e. The number of hydrogen-bond donors (Lipinski definition) is 1. The van der Waals surface area contributed by atoms with Crippen molar-refractivity contribution in [3.8, 4) is 0 Å². The molecule has 6 nitrogen and oxygen atoms in total. The molecule has 132 valence electrons.